The lowest BCUT2D eigenvalue weighted by Gasteiger charge is -2.36. The molecule has 2 heterocycles. The third kappa shape index (κ3) is 5.87. The molecule has 0 bridgehead atoms. The Morgan fingerprint density at radius 3 is 2.48 bits per heavy atom. The molecule has 1 saturated heterocycles. The Balaban J connectivity index is 1.29. The van der Waals surface area contributed by atoms with Gasteiger partial charge in [0, 0.05) is 26.1 Å². The van der Waals surface area contributed by atoms with E-state index in [4.69, 9.17) is 4.74 Å². The first-order valence-electron chi connectivity index (χ1n) is 10.9. The first kappa shape index (κ1) is 23.2. The fraction of sp³-hybridized carbons (Fsp3) is 0.333. The van der Waals surface area contributed by atoms with E-state index in [2.05, 4.69) is 19.9 Å². The highest BCUT2D eigenvalue weighted by atomic mass is 32.2. The van der Waals surface area contributed by atoms with Gasteiger partial charge in [0.15, 0.2) is 0 Å². The van der Waals surface area contributed by atoms with Crippen LogP contribution in [-0.2, 0) is 19.6 Å². The minimum Gasteiger partial charge on any atom is -0.372 e. The van der Waals surface area contributed by atoms with Crippen molar-refractivity contribution in [3.8, 4) is 0 Å². The zero-order valence-corrected chi connectivity index (χ0v) is 19.5. The van der Waals surface area contributed by atoms with E-state index in [1.807, 2.05) is 44.2 Å². The fourth-order valence-corrected chi connectivity index (χ4v) is 5.02. The SMILES string of the molecule is CC1CN(c2ccc(NC(=O)CCNS(=O)(=O)c3ccc4ccccc4c3)cn2)CC(C)O1. The molecule has 8 nitrogen and oxygen atoms in total. The van der Waals surface area contributed by atoms with Crippen LogP contribution in [0, 0.1) is 0 Å². The van der Waals surface area contributed by atoms with Crippen LogP contribution in [0.4, 0.5) is 11.5 Å². The quantitative estimate of drug-likeness (QED) is 0.553. The lowest BCUT2D eigenvalue weighted by Crippen LogP contribution is -2.45. The molecule has 1 aliphatic heterocycles. The first-order valence-corrected chi connectivity index (χ1v) is 12.4. The van der Waals surface area contributed by atoms with Gasteiger partial charge >= 0.3 is 0 Å². The summed E-state index contributed by atoms with van der Waals surface area (Å²) in [4.78, 5) is 19.1. The average molecular weight is 469 g/mol. The van der Waals surface area contributed by atoms with E-state index in [0.29, 0.717) is 5.69 Å². The second-order valence-electron chi connectivity index (χ2n) is 8.27. The molecule has 0 aliphatic carbocycles. The summed E-state index contributed by atoms with van der Waals surface area (Å²) >= 11 is 0. The van der Waals surface area contributed by atoms with Crippen molar-refractivity contribution in [1.82, 2.24) is 9.71 Å². The van der Waals surface area contributed by atoms with E-state index in [0.717, 1.165) is 29.7 Å². The van der Waals surface area contributed by atoms with Crippen molar-refractivity contribution in [3.05, 3.63) is 60.8 Å². The minimum atomic E-state index is -3.71. The van der Waals surface area contributed by atoms with Gasteiger partial charge in [-0.05, 0) is 48.9 Å². The van der Waals surface area contributed by atoms with Crippen LogP contribution in [0.25, 0.3) is 10.8 Å². The van der Waals surface area contributed by atoms with Gasteiger partial charge in [0.25, 0.3) is 0 Å². The Morgan fingerprint density at radius 1 is 1.06 bits per heavy atom. The molecule has 2 unspecified atom stereocenters. The zero-order chi connectivity index (χ0) is 23.4. The number of anilines is 2. The molecular weight excluding hydrogens is 440 g/mol. The molecule has 2 aromatic carbocycles. The van der Waals surface area contributed by atoms with Gasteiger partial charge in [0.1, 0.15) is 5.82 Å². The first-order chi connectivity index (χ1) is 15.8. The van der Waals surface area contributed by atoms with E-state index in [1.54, 1.807) is 30.5 Å². The molecule has 1 amide bonds. The summed E-state index contributed by atoms with van der Waals surface area (Å²) in [5, 5.41) is 4.57. The smallest absolute Gasteiger partial charge is 0.240 e. The highest BCUT2D eigenvalue weighted by Gasteiger charge is 2.23. The summed E-state index contributed by atoms with van der Waals surface area (Å²) in [6.45, 7) is 5.59. The number of carbonyl (C=O) groups excluding carboxylic acids is 1. The normalized spacial score (nSPS) is 18.9. The number of nitrogens with one attached hydrogen (secondary N) is 2. The summed E-state index contributed by atoms with van der Waals surface area (Å²) in [5.74, 6) is 0.539. The molecule has 1 fully saturated rings. The third-order valence-corrected chi connectivity index (χ3v) is 6.91. The summed E-state index contributed by atoms with van der Waals surface area (Å²) in [6.07, 6.45) is 1.88. The van der Waals surface area contributed by atoms with Crippen molar-refractivity contribution >= 4 is 38.2 Å². The average Bonchev–Trinajstić information content (AvgIpc) is 2.78. The summed E-state index contributed by atoms with van der Waals surface area (Å²) in [6, 6.07) is 16.2. The van der Waals surface area contributed by atoms with Gasteiger partial charge in [-0.2, -0.15) is 0 Å². The zero-order valence-electron chi connectivity index (χ0n) is 18.7. The van der Waals surface area contributed by atoms with Gasteiger partial charge in [-0.3, -0.25) is 4.79 Å². The molecule has 0 spiro atoms. The van der Waals surface area contributed by atoms with Gasteiger partial charge in [-0.15, -0.1) is 0 Å². The van der Waals surface area contributed by atoms with Crippen molar-refractivity contribution in [3.63, 3.8) is 0 Å². The number of pyridine rings is 1. The predicted molar refractivity (Wildman–Crippen MR) is 129 cm³/mol. The number of rotatable bonds is 7. The second kappa shape index (κ2) is 9.86. The van der Waals surface area contributed by atoms with E-state index >= 15 is 0 Å². The van der Waals surface area contributed by atoms with Crippen molar-refractivity contribution in [2.45, 2.75) is 37.4 Å². The maximum Gasteiger partial charge on any atom is 0.240 e. The van der Waals surface area contributed by atoms with Gasteiger partial charge < -0.3 is 15.0 Å². The van der Waals surface area contributed by atoms with Crippen LogP contribution in [0.3, 0.4) is 0 Å². The molecule has 1 aromatic heterocycles. The number of amides is 1. The lowest BCUT2D eigenvalue weighted by molar-refractivity contribution is -0.116. The van der Waals surface area contributed by atoms with Crippen molar-refractivity contribution in [1.29, 1.82) is 0 Å². The van der Waals surface area contributed by atoms with E-state index in [1.165, 1.54) is 0 Å². The Morgan fingerprint density at radius 2 is 1.79 bits per heavy atom. The monoisotopic (exact) mass is 468 g/mol. The fourth-order valence-electron chi connectivity index (χ4n) is 3.95. The Bertz CT molecular complexity index is 1220. The molecule has 2 atom stereocenters. The number of hydrogen-bond donors (Lipinski definition) is 2. The predicted octanol–water partition coefficient (Wildman–Crippen LogP) is 3.16. The van der Waals surface area contributed by atoms with Crippen molar-refractivity contribution < 1.29 is 17.9 Å². The number of ether oxygens (including phenoxy) is 1. The van der Waals surface area contributed by atoms with Crippen LogP contribution in [0.15, 0.2) is 65.7 Å². The molecule has 0 saturated carbocycles. The Labute approximate surface area is 194 Å². The molecule has 4 rings (SSSR count). The summed E-state index contributed by atoms with van der Waals surface area (Å²) in [7, 11) is -3.71. The molecule has 2 N–H and O–H groups in total. The van der Waals surface area contributed by atoms with Crippen LogP contribution in [-0.4, -0.2) is 51.2 Å². The molecule has 3 aromatic rings. The number of hydrogen-bond acceptors (Lipinski definition) is 6. The number of aromatic nitrogens is 1. The topological polar surface area (TPSA) is 101 Å². The number of fused-ring (bicyclic) bond motifs is 1. The van der Waals surface area contributed by atoms with Gasteiger partial charge in [-0.1, -0.05) is 30.3 Å². The van der Waals surface area contributed by atoms with Crippen molar-refractivity contribution in [2.75, 3.05) is 29.9 Å². The van der Waals surface area contributed by atoms with Gasteiger partial charge in [0.05, 0.1) is 29.0 Å². The Kier molecular flexibility index (Phi) is 6.92. The summed E-state index contributed by atoms with van der Waals surface area (Å²) < 4.78 is 33.4. The molecular formula is C24H28N4O4S. The number of carbonyl (C=O) groups is 1. The van der Waals surface area contributed by atoms with Crippen LogP contribution in [0.2, 0.25) is 0 Å². The summed E-state index contributed by atoms with van der Waals surface area (Å²) in [5.41, 5.74) is 0.565. The standard InChI is InChI=1S/C24H28N4O4S/c1-17-15-28(16-18(2)32-17)23-10-8-21(14-25-23)27-24(29)11-12-26-33(30,31)22-9-7-19-5-3-4-6-20(19)13-22/h3-10,13-14,17-18,26H,11-12,15-16H2,1-2H3,(H,27,29). The molecule has 174 valence electrons. The van der Waals surface area contributed by atoms with Crippen LogP contribution >= 0.6 is 0 Å². The number of sulfonamides is 1. The molecule has 1 aliphatic rings. The molecule has 0 radical (unpaired) electrons. The number of morpholine rings is 1. The van der Waals surface area contributed by atoms with E-state index in [-0.39, 0.29) is 36.0 Å². The van der Waals surface area contributed by atoms with E-state index in [9.17, 15) is 13.2 Å². The number of benzene rings is 2. The maximum absolute atomic E-state index is 12.6. The second-order valence-corrected chi connectivity index (χ2v) is 10.0. The minimum absolute atomic E-state index is 0.00391. The van der Waals surface area contributed by atoms with E-state index < -0.39 is 10.0 Å². The maximum atomic E-state index is 12.6. The van der Waals surface area contributed by atoms with Crippen LogP contribution in [0.5, 0.6) is 0 Å². The van der Waals surface area contributed by atoms with Crippen LogP contribution < -0.4 is 14.9 Å². The van der Waals surface area contributed by atoms with Gasteiger partial charge in [0.2, 0.25) is 15.9 Å². The highest BCUT2D eigenvalue weighted by molar-refractivity contribution is 7.89. The number of nitrogens with zero attached hydrogens (tertiary/aromatic N) is 2. The molecule has 33 heavy (non-hydrogen) atoms. The lowest BCUT2D eigenvalue weighted by atomic mass is 10.1. The van der Waals surface area contributed by atoms with Crippen molar-refractivity contribution in [2.24, 2.45) is 0 Å². The third-order valence-electron chi connectivity index (χ3n) is 5.45. The Hall–Kier alpha value is -3.01. The van der Waals surface area contributed by atoms with Gasteiger partial charge in [-0.25, -0.2) is 18.1 Å². The van der Waals surface area contributed by atoms with Crippen LogP contribution in [0.1, 0.15) is 20.3 Å². The highest BCUT2D eigenvalue weighted by Crippen LogP contribution is 2.20. The largest absolute Gasteiger partial charge is 0.372 e. The molecule has 9 heteroatoms.